The predicted molar refractivity (Wildman–Crippen MR) is 85.4 cm³/mol. The molecule has 0 aliphatic rings. The Morgan fingerprint density at radius 2 is 1.33 bits per heavy atom. The molecule has 0 bridgehead atoms. The standard InChI is InChI=1S/C16H33BrO/c1-2-3-11-16(13-8-6-9-14-17)12-7-4-5-10-15-18/h16,18H,2-15H2,1H3. The zero-order chi connectivity index (χ0) is 13.5. The minimum Gasteiger partial charge on any atom is -0.396 e. The van der Waals surface area contributed by atoms with Gasteiger partial charge < -0.3 is 5.11 Å². The molecule has 2 heteroatoms. The van der Waals surface area contributed by atoms with Crippen molar-refractivity contribution in [3.63, 3.8) is 0 Å². The highest BCUT2D eigenvalue weighted by Crippen LogP contribution is 2.23. The van der Waals surface area contributed by atoms with E-state index >= 15 is 0 Å². The first-order chi connectivity index (χ1) is 8.85. The average molecular weight is 321 g/mol. The largest absolute Gasteiger partial charge is 0.396 e. The van der Waals surface area contributed by atoms with Gasteiger partial charge in [-0.2, -0.15) is 0 Å². The lowest BCUT2D eigenvalue weighted by Crippen LogP contribution is -2.01. The zero-order valence-electron chi connectivity index (χ0n) is 12.3. The van der Waals surface area contributed by atoms with Gasteiger partial charge in [0, 0.05) is 11.9 Å². The Kier molecular flexibility index (Phi) is 15.9. The van der Waals surface area contributed by atoms with E-state index in [9.17, 15) is 0 Å². The smallest absolute Gasteiger partial charge is 0.0431 e. The summed E-state index contributed by atoms with van der Waals surface area (Å²) in [4.78, 5) is 0. The molecule has 0 spiro atoms. The quantitative estimate of drug-likeness (QED) is 0.322. The van der Waals surface area contributed by atoms with Crippen molar-refractivity contribution in [1.29, 1.82) is 0 Å². The maximum absolute atomic E-state index is 8.75. The minimum absolute atomic E-state index is 0.367. The molecule has 0 heterocycles. The fraction of sp³-hybridized carbons (Fsp3) is 1.00. The van der Waals surface area contributed by atoms with Gasteiger partial charge in [0.15, 0.2) is 0 Å². The molecule has 0 radical (unpaired) electrons. The van der Waals surface area contributed by atoms with E-state index in [1.165, 1.54) is 70.6 Å². The van der Waals surface area contributed by atoms with Crippen LogP contribution >= 0.6 is 15.9 Å². The predicted octanol–water partition coefficient (Wildman–Crippen LogP) is 5.69. The summed E-state index contributed by atoms with van der Waals surface area (Å²) < 4.78 is 0. The lowest BCUT2D eigenvalue weighted by molar-refractivity contribution is 0.280. The molecule has 1 nitrogen and oxygen atoms in total. The summed E-state index contributed by atoms with van der Waals surface area (Å²) in [6.07, 6.45) is 16.0. The first-order valence-corrected chi connectivity index (χ1v) is 9.14. The van der Waals surface area contributed by atoms with Crippen LogP contribution in [-0.2, 0) is 0 Å². The molecule has 110 valence electrons. The van der Waals surface area contributed by atoms with Crippen molar-refractivity contribution in [1.82, 2.24) is 0 Å². The number of unbranched alkanes of at least 4 members (excludes halogenated alkanes) is 6. The molecule has 1 atom stereocenters. The molecule has 0 amide bonds. The molecule has 0 fully saturated rings. The van der Waals surface area contributed by atoms with Crippen LogP contribution in [0.2, 0.25) is 0 Å². The van der Waals surface area contributed by atoms with E-state index in [1.807, 2.05) is 0 Å². The van der Waals surface area contributed by atoms with Gasteiger partial charge in [-0.05, 0) is 18.8 Å². The van der Waals surface area contributed by atoms with E-state index in [2.05, 4.69) is 22.9 Å². The van der Waals surface area contributed by atoms with Gasteiger partial charge in [-0.3, -0.25) is 0 Å². The van der Waals surface area contributed by atoms with Gasteiger partial charge in [0.25, 0.3) is 0 Å². The van der Waals surface area contributed by atoms with Crippen molar-refractivity contribution in [3.8, 4) is 0 Å². The lowest BCUT2D eigenvalue weighted by atomic mass is 9.90. The third-order valence-corrected chi connectivity index (χ3v) is 4.29. The Labute approximate surface area is 123 Å². The van der Waals surface area contributed by atoms with Crippen molar-refractivity contribution in [2.45, 2.75) is 84.0 Å². The Hall–Kier alpha value is 0.440. The fourth-order valence-electron chi connectivity index (χ4n) is 2.53. The Morgan fingerprint density at radius 3 is 1.89 bits per heavy atom. The highest BCUT2D eigenvalue weighted by atomic mass is 79.9. The van der Waals surface area contributed by atoms with Gasteiger partial charge in [0.05, 0.1) is 0 Å². The normalized spacial score (nSPS) is 12.8. The van der Waals surface area contributed by atoms with Crippen LogP contribution in [-0.4, -0.2) is 17.0 Å². The third kappa shape index (κ3) is 12.9. The first kappa shape index (κ1) is 18.4. The molecule has 0 aliphatic heterocycles. The number of aliphatic hydroxyl groups excluding tert-OH is 1. The first-order valence-electron chi connectivity index (χ1n) is 8.02. The van der Waals surface area contributed by atoms with Crippen molar-refractivity contribution >= 4 is 15.9 Å². The molecule has 1 N–H and O–H groups in total. The third-order valence-electron chi connectivity index (χ3n) is 3.73. The summed E-state index contributed by atoms with van der Waals surface area (Å²) in [5, 5.41) is 9.91. The minimum atomic E-state index is 0.367. The number of hydrogen-bond donors (Lipinski definition) is 1. The second-order valence-electron chi connectivity index (χ2n) is 5.47. The van der Waals surface area contributed by atoms with Crippen LogP contribution in [0.15, 0.2) is 0 Å². The van der Waals surface area contributed by atoms with Gasteiger partial charge in [0.1, 0.15) is 0 Å². The maximum atomic E-state index is 8.75. The molecule has 0 aliphatic carbocycles. The van der Waals surface area contributed by atoms with Crippen molar-refractivity contribution in [2.75, 3.05) is 11.9 Å². The monoisotopic (exact) mass is 320 g/mol. The number of aliphatic hydroxyl groups is 1. The van der Waals surface area contributed by atoms with Crippen LogP contribution in [0, 0.1) is 5.92 Å². The second kappa shape index (κ2) is 15.5. The van der Waals surface area contributed by atoms with Crippen LogP contribution in [0.3, 0.4) is 0 Å². The lowest BCUT2D eigenvalue weighted by Gasteiger charge is -2.16. The molecule has 0 aromatic heterocycles. The molecule has 18 heavy (non-hydrogen) atoms. The molecule has 0 saturated carbocycles. The van der Waals surface area contributed by atoms with Gasteiger partial charge in [-0.25, -0.2) is 0 Å². The van der Waals surface area contributed by atoms with Crippen LogP contribution in [0.1, 0.15) is 84.0 Å². The van der Waals surface area contributed by atoms with E-state index in [1.54, 1.807) is 0 Å². The Bertz CT molecular complexity index is 150. The summed E-state index contributed by atoms with van der Waals surface area (Å²) in [6.45, 7) is 2.66. The van der Waals surface area contributed by atoms with E-state index in [-0.39, 0.29) is 0 Å². The molecular weight excluding hydrogens is 288 g/mol. The average Bonchev–Trinajstić information content (AvgIpc) is 2.39. The van der Waals surface area contributed by atoms with Crippen LogP contribution in [0.4, 0.5) is 0 Å². The van der Waals surface area contributed by atoms with Crippen LogP contribution < -0.4 is 0 Å². The van der Waals surface area contributed by atoms with Gasteiger partial charge in [-0.1, -0.05) is 87.1 Å². The van der Waals surface area contributed by atoms with Gasteiger partial charge in [0.2, 0.25) is 0 Å². The highest BCUT2D eigenvalue weighted by molar-refractivity contribution is 9.09. The fourth-order valence-corrected chi connectivity index (χ4v) is 2.92. The summed E-state index contributed by atoms with van der Waals surface area (Å²) in [7, 11) is 0. The Balaban J connectivity index is 3.56. The number of rotatable bonds is 14. The van der Waals surface area contributed by atoms with Crippen molar-refractivity contribution in [3.05, 3.63) is 0 Å². The van der Waals surface area contributed by atoms with Crippen molar-refractivity contribution < 1.29 is 5.11 Å². The van der Waals surface area contributed by atoms with Gasteiger partial charge >= 0.3 is 0 Å². The number of halogens is 1. The Morgan fingerprint density at radius 1 is 0.778 bits per heavy atom. The second-order valence-corrected chi connectivity index (χ2v) is 6.27. The number of alkyl halides is 1. The molecule has 0 aromatic carbocycles. The summed E-state index contributed by atoms with van der Waals surface area (Å²) in [5.41, 5.74) is 0. The van der Waals surface area contributed by atoms with Gasteiger partial charge in [-0.15, -0.1) is 0 Å². The number of hydrogen-bond acceptors (Lipinski definition) is 1. The topological polar surface area (TPSA) is 20.2 Å². The molecule has 0 saturated heterocycles. The van der Waals surface area contributed by atoms with E-state index < -0.39 is 0 Å². The van der Waals surface area contributed by atoms with E-state index in [4.69, 9.17) is 5.11 Å². The maximum Gasteiger partial charge on any atom is 0.0431 e. The molecular formula is C16H33BrO. The van der Waals surface area contributed by atoms with E-state index in [0.717, 1.165) is 17.7 Å². The van der Waals surface area contributed by atoms with Crippen molar-refractivity contribution in [2.24, 2.45) is 5.92 Å². The molecule has 1 unspecified atom stereocenters. The summed E-state index contributed by atoms with van der Waals surface area (Å²) in [6, 6.07) is 0. The molecule has 0 rings (SSSR count). The van der Waals surface area contributed by atoms with Crippen LogP contribution in [0.5, 0.6) is 0 Å². The summed E-state index contributed by atoms with van der Waals surface area (Å²) in [5.74, 6) is 0.967. The van der Waals surface area contributed by atoms with E-state index in [0.29, 0.717) is 6.61 Å². The molecule has 0 aromatic rings. The highest BCUT2D eigenvalue weighted by Gasteiger charge is 2.07. The summed E-state index contributed by atoms with van der Waals surface area (Å²) >= 11 is 3.50. The SMILES string of the molecule is CCCCC(CCCCCBr)CCCCCCO. The zero-order valence-corrected chi connectivity index (χ0v) is 13.9. The van der Waals surface area contributed by atoms with Crippen LogP contribution in [0.25, 0.3) is 0 Å².